The molecule has 1 N–H and O–H groups in total. The SMILES string of the molecule is Cn1ccnc1[C@H](NC(=O)[C@@H]1CCCN(C(=O)c2ccco2)C1)c1ccc(Cl)cc1. The Labute approximate surface area is 179 Å². The molecular formula is C22H23ClN4O3. The third-order valence-electron chi connectivity index (χ3n) is 5.42. The molecule has 1 aliphatic heterocycles. The molecule has 4 rings (SSSR count). The number of nitrogens with one attached hydrogen (secondary N) is 1. The zero-order chi connectivity index (χ0) is 21.1. The Morgan fingerprint density at radius 1 is 1.27 bits per heavy atom. The third kappa shape index (κ3) is 4.26. The van der Waals surface area contributed by atoms with Crippen molar-refractivity contribution in [3.05, 3.63) is 77.2 Å². The van der Waals surface area contributed by atoms with Crippen LogP contribution in [0.3, 0.4) is 0 Å². The van der Waals surface area contributed by atoms with Gasteiger partial charge in [0.2, 0.25) is 5.91 Å². The Hall–Kier alpha value is -3.06. The van der Waals surface area contributed by atoms with Crippen molar-refractivity contribution in [1.82, 2.24) is 19.8 Å². The second-order valence-corrected chi connectivity index (χ2v) is 7.89. The van der Waals surface area contributed by atoms with Gasteiger partial charge < -0.3 is 19.2 Å². The van der Waals surface area contributed by atoms with Gasteiger partial charge in [-0.25, -0.2) is 4.98 Å². The van der Waals surface area contributed by atoms with E-state index in [4.69, 9.17) is 16.0 Å². The van der Waals surface area contributed by atoms with Crippen LogP contribution in [0.15, 0.2) is 59.5 Å². The molecule has 0 spiro atoms. The quantitative estimate of drug-likeness (QED) is 0.677. The molecule has 30 heavy (non-hydrogen) atoms. The number of imidazole rings is 1. The minimum Gasteiger partial charge on any atom is -0.459 e. The van der Waals surface area contributed by atoms with Crippen molar-refractivity contribution in [2.45, 2.75) is 18.9 Å². The lowest BCUT2D eigenvalue weighted by Gasteiger charge is -2.32. The molecule has 1 aromatic carbocycles. The summed E-state index contributed by atoms with van der Waals surface area (Å²) in [6.45, 7) is 0.975. The molecule has 3 aromatic rings. The Kier molecular flexibility index (Phi) is 5.90. The van der Waals surface area contributed by atoms with Crippen molar-refractivity contribution in [2.24, 2.45) is 13.0 Å². The molecule has 156 valence electrons. The second-order valence-electron chi connectivity index (χ2n) is 7.46. The summed E-state index contributed by atoms with van der Waals surface area (Å²) in [7, 11) is 1.89. The molecule has 2 aromatic heterocycles. The van der Waals surface area contributed by atoms with Gasteiger partial charge in [0.05, 0.1) is 12.2 Å². The molecule has 0 unspecified atom stereocenters. The normalized spacial score (nSPS) is 17.5. The maximum absolute atomic E-state index is 13.2. The molecule has 0 radical (unpaired) electrons. The zero-order valence-electron chi connectivity index (χ0n) is 16.6. The number of carbonyl (C=O) groups is 2. The summed E-state index contributed by atoms with van der Waals surface area (Å²) in [6, 6.07) is 10.3. The monoisotopic (exact) mass is 426 g/mol. The Morgan fingerprint density at radius 2 is 2.07 bits per heavy atom. The fourth-order valence-electron chi connectivity index (χ4n) is 3.80. The number of rotatable bonds is 5. The summed E-state index contributed by atoms with van der Waals surface area (Å²) < 4.78 is 7.11. The van der Waals surface area contributed by atoms with E-state index in [1.54, 1.807) is 35.4 Å². The number of nitrogens with zero attached hydrogens (tertiary/aromatic N) is 3. The van der Waals surface area contributed by atoms with Gasteiger partial charge >= 0.3 is 0 Å². The van der Waals surface area contributed by atoms with Crippen LogP contribution < -0.4 is 5.32 Å². The number of piperidine rings is 1. The highest BCUT2D eigenvalue weighted by Gasteiger charge is 2.32. The summed E-state index contributed by atoms with van der Waals surface area (Å²) in [6.07, 6.45) is 6.51. The van der Waals surface area contributed by atoms with Crippen LogP contribution in [0.4, 0.5) is 0 Å². The number of benzene rings is 1. The number of hydrogen-bond donors (Lipinski definition) is 1. The van der Waals surface area contributed by atoms with E-state index in [2.05, 4.69) is 10.3 Å². The maximum atomic E-state index is 13.2. The third-order valence-corrected chi connectivity index (χ3v) is 5.67. The van der Waals surface area contributed by atoms with E-state index in [0.29, 0.717) is 23.9 Å². The van der Waals surface area contributed by atoms with Crippen LogP contribution in [0.2, 0.25) is 5.02 Å². The molecule has 7 nitrogen and oxygen atoms in total. The van der Waals surface area contributed by atoms with Crippen LogP contribution in [-0.4, -0.2) is 39.4 Å². The average Bonchev–Trinajstić information content (AvgIpc) is 3.44. The molecular weight excluding hydrogens is 404 g/mol. The predicted molar refractivity (Wildman–Crippen MR) is 112 cm³/mol. The fourth-order valence-corrected chi connectivity index (χ4v) is 3.93. The van der Waals surface area contributed by atoms with Crippen molar-refractivity contribution in [2.75, 3.05) is 13.1 Å². The van der Waals surface area contributed by atoms with Gasteiger partial charge in [0.25, 0.3) is 5.91 Å². The van der Waals surface area contributed by atoms with Gasteiger partial charge in [-0.1, -0.05) is 23.7 Å². The summed E-state index contributed by atoms with van der Waals surface area (Å²) in [5.41, 5.74) is 0.890. The van der Waals surface area contributed by atoms with Crippen molar-refractivity contribution in [3.63, 3.8) is 0 Å². The number of amides is 2. The number of aromatic nitrogens is 2. The molecule has 2 amide bonds. The molecule has 0 bridgehead atoms. The van der Waals surface area contributed by atoms with E-state index in [1.165, 1.54) is 6.26 Å². The summed E-state index contributed by atoms with van der Waals surface area (Å²) >= 11 is 6.03. The van der Waals surface area contributed by atoms with E-state index in [1.807, 2.05) is 29.9 Å². The topological polar surface area (TPSA) is 80.4 Å². The minimum absolute atomic E-state index is 0.102. The number of furan rings is 1. The highest BCUT2D eigenvalue weighted by Crippen LogP contribution is 2.25. The lowest BCUT2D eigenvalue weighted by molar-refractivity contribution is -0.126. The van der Waals surface area contributed by atoms with Crippen LogP contribution in [0, 0.1) is 5.92 Å². The molecule has 3 heterocycles. The summed E-state index contributed by atoms with van der Waals surface area (Å²) in [5, 5.41) is 3.76. The second kappa shape index (κ2) is 8.75. The largest absolute Gasteiger partial charge is 0.459 e. The average molecular weight is 427 g/mol. The number of aryl methyl sites for hydroxylation is 1. The Bertz CT molecular complexity index is 1010. The van der Waals surface area contributed by atoms with E-state index >= 15 is 0 Å². The summed E-state index contributed by atoms with van der Waals surface area (Å²) in [5.74, 6) is 0.437. The van der Waals surface area contributed by atoms with Crippen molar-refractivity contribution >= 4 is 23.4 Å². The van der Waals surface area contributed by atoms with E-state index in [-0.39, 0.29) is 17.7 Å². The van der Waals surface area contributed by atoms with E-state index in [9.17, 15) is 9.59 Å². The lowest BCUT2D eigenvalue weighted by atomic mass is 9.95. The molecule has 8 heteroatoms. The van der Waals surface area contributed by atoms with Gasteiger partial charge in [0.15, 0.2) is 5.76 Å². The van der Waals surface area contributed by atoms with Crippen molar-refractivity contribution < 1.29 is 14.0 Å². The first-order valence-electron chi connectivity index (χ1n) is 9.89. The van der Waals surface area contributed by atoms with Gasteiger partial charge in [-0.05, 0) is 42.7 Å². The predicted octanol–water partition coefficient (Wildman–Crippen LogP) is 3.42. The standard InChI is InChI=1S/C22H23ClN4O3/c1-26-12-10-24-20(26)19(15-6-8-17(23)9-7-15)25-21(28)16-4-2-11-27(14-16)22(29)18-5-3-13-30-18/h3,5-10,12-13,16,19H,2,4,11,14H2,1H3,(H,25,28)/t16-,19-/m1/s1. The van der Waals surface area contributed by atoms with Crippen LogP contribution >= 0.6 is 11.6 Å². The Morgan fingerprint density at radius 3 is 2.73 bits per heavy atom. The molecule has 0 saturated carbocycles. The van der Waals surface area contributed by atoms with Gasteiger partial charge in [-0.2, -0.15) is 0 Å². The van der Waals surface area contributed by atoms with Gasteiger partial charge in [-0.15, -0.1) is 0 Å². The first-order chi connectivity index (χ1) is 14.5. The number of carbonyl (C=O) groups excluding carboxylic acids is 2. The first kappa shape index (κ1) is 20.2. The number of likely N-dealkylation sites (tertiary alicyclic amines) is 1. The van der Waals surface area contributed by atoms with Gasteiger partial charge in [0, 0.05) is 37.6 Å². The van der Waals surface area contributed by atoms with E-state index < -0.39 is 6.04 Å². The van der Waals surface area contributed by atoms with Crippen LogP contribution in [0.25, 0.3) is 0 Å². The lowest BCUT2D eigenvalue weighted by Crippen LogP contribution is -2.46. The number of hydrogen-bond acceptors (Lipinski definition) is 4. The maximum Gasteiger partial charge on any atom is 0.289 e. The molecule has 1 saturated heterocycles. The van der Waals surface area contributed by atoms with Crippen LogP contribution in [0.5, 0.6) is 0 Å². The zero-order valence-corrected chi connectivity index (χ0v) is 17.4. The first-order valence-corrected chi connectivity index (χ1v) is 10.3. The van der Waals surface area contributed by atoms with Gasteiger partial charge in [0.1, 0.15) is 11.9 Å². The van der Waals surface area contributed by atoms with Gasteiger partial charge in [-0.3, -0.25) is 9.59 Å². The highest BCUT2D eigenvalue weighted by atomic mass is 35.5. The fraction of sp³-hybridized carbons (Fsp3) is 0.318. The Balaban J connectivity index is 1.51. The molecule has 1 fully saturated rings. The summed E-state index contributed by atoms with van der Waals surface area (Å²) in [4.78, 5) is 31.9. The van der Waals surface area contributed by atoms with Crippen molar-refractivity contribution in [3.8, 4) is 0 Å². The van der Waals surface area contributed by atoms with Crippen LogP contribution in [-0.2, 0) is 11.8 Å². The molecule has 1 aliphatic rings. The highest BCUT2D eigenvalue weighted by molar-refractivity contribution is 6.30. The van der Waals surface area contributed by atoms with Crippen molar-refractivity contribution in [1.29, 1.82) is 0 Å². The van der Waals surface area contributed by atoms with Crippen LogP contribution in [0.1, 0.15) is 40.8 Å². The molecule has 2 atom stereocenters. The minimum atomic E-state index is -0.411. The molecule has 0 aliphatic carbocycles. The van der Waals surface area contributed by atoms with E-state index in [0.717, 1.165) is 24.2 Å². The number of halogens is 1. The smallest absolute Gasteiger partial charge is 0.289 e.